The largest absolute Gasteiger partial charge is 0.311 e. The van der Waals surface area contributed by atoms with E-state index >= 15 is 0 Å². The molecular formula is C19H29N. The Hall–Kier alpha value is -0.820. The first-order chi connectivity index (χ1) is 9.83. The average Bonchev–Trinajstić information content (AvgIpc) is 2.76. The van der Waals surface area contributed by atoms with Crippen molar-refractivity contribution in [3.8, 4) is 0 Å². The SMILES string of the molecule is C[C@H](NC1CCc2ccccc2C1)C1CCCCCC1. The fourth-order valence-corrected chi connectivity index (χ4v) is 4.16. The minimum Gasteiger partial charge on any atom is -0.311 e. The molecule has 2 atom stereocenters. The van der Waals surface area contributed by atoms with E-state index in [1.807, 2.05) is 0 Å². The third-order valence-corrected chi connectivity index (χ3v) is 5.45. The predicted octanol–water partition coefficient (Wildman–Crippen LogP) is 4.49. The fourth-order valence-electron chi connectivity index (χ4n) is 4.16. The smallest absolute Gasteiger partial charge is 0.0113 e. The van der Waals surface area contributed by atoms with E-state index in [1.165, 1.54) is 57.8 Å². The van der Waals surface area contributed by atoms with Crippen LogP contribution in [0.5, 0.6) is 0 Å². The molecule has 0 aliphatic heterocycles. The highest BCUT2D eigenvalue weighted by Crippen LogP contribution is 2.27. The summed E-state index contributed by atoms with van der Waals surface area (Å²) in [6.07, 6.45) is 12.5. The van der Waals surface area contributed by atoms with Gasteiger partial charge in [-0.2, -0.15) is 0 Å². The molecule has 0 radical (unpaired) electrons. The lowest BCUT2D eigenvalue weighted by Crippen LogP contribution is -2.43. The van der Waals surface area contributed by atoms with Gasteiger partial charge in [-0.25, -0.2) is 0 Å². The van der Waals surface area contributed by atoms with Crippen LogP contribution < -0.4 is 5.32 Å². The highest BCUT2D eigenvalue weighted by atomic mass is 15.0. The predicted molar refractivity (Wildman–Crippen MR) is 86.0 cm³/mol. The van der Waals surface area contributed by atoms with E-state index in [0.717, 1.165) is 5.92 Å². The number of rotatable bonds is 3. The molecule has 1 N–H and O–H groups in total. The van der Waals surface area contributed by atoms with Crippen LogP contribution in [-0.2, 0) is 12.8 Å². The number of aryl methyl sites for hydroxylation is 1. The number of hydrogen-bond donors (Lipinski definition) is 1. The van der Waals surface area contributed by atoms with Crippen molar-refractivity contribution >= 4 is 0 Å². The molecule has 0 amide bonds. The van der Waals surface area contributed by atoms with E-state index < -0.39 is 0 Å². The number of benzene rings is 1. The van der Waals surface area contributed by atoms with Crippen molar-refractivity contribution in [1.82, 2.24) is 5.32 Å². The normalized spacial score (nSPS) is 25.8. The molecule has 1 nitrogen and oxygen atoms in total. The molecular weight excluding hydrogens is 242 g/mol. The summed E-state index contributed by atoms with van der Waals surface area (Å²) in [5, 5.41) is 3.96. The van der Waals surface area contributed by atoms with Gasteiger partial charge < -0.3 is 5.32 Å². The van der Waals surface area contributed by atoms with E-state index in [9.17, 15) is 0 Å². The quantitative estimate of drug-likeness (QED) is 0.799. The summed E-state index contributed by atoms with van der Waals surface area (Å²) in [4.78, 5) is 0. The first kappa shape index (κ1) is 14.1. The van der Waals surface area contributed by atoms with Gasteiger partial charge in [0.2, 0.25) is 0 Å². The van der Waals surface area contributed by atoms with Gasteiger partial charge in [-0.3, -0.25) is 0 Å². The second-order valence-electron chi connectivity index (χ2n) is 6.92. The molecule has 0 aromatic heterocycles. The maximum absolute atomic E-state index is 3.96. The summed E-state index contributed by atoms with van der Waals surface area (Å²) in [6.45, 7) is 2.43. The summed E-state index contributed by atoms with van der Waals surface area (Å²) in [5.41, 5.74) is 3.15. The van der Waals surface area contributed by atoms with E-state index in [2.05, 4.69) is 36.5 Å². The van der Waals surface area contributed by atoms with Gasteiger partial charge in [0.15, 0.2) is 0 Å². The van der Waals surface area contributed by atoms with Gasteiger partial charge in [0.05, 0.1) is 0 Å². The second kappa shape index (κ2) is 6.76. The molecule has 1 aromatic carbocycles. The Morgan fingerprint density at radius 2 is 1.65 bits per heavy atom. The van der Waals surface area contributed by atoms with E-state index in [-0.39, 0.29) is 0 Å². The Kier molecular flexibility index (Phi) is 4.77. The topological polar surface area (TPSA) is 12.0 Å². The number of nitrogens with one attached hydrogen (secondary N) is 1. The van der Waals surface area contributed by atoms with Crippen LogP contribution >= 0.6 is 0 Å². The summed E-state index contributed by atoms with van der Waals surface area (Å²) in [7, 11) is 0. The molecule has 1 unspecified atom stereocenters. The molecule has 1 heteroatoms. The van der Waals surface area contributed by atoms with Crippen molar-refractivity contribution in [2.75, 3.05) is 0 Å². The maximum Gasteiger partial charge on any atom is 0.0113 e. The van der Waals surface area contributed by atoms with Crippen LogP contribution in [0.15, 0.2) is 24.3 Å². The zero-order valence-corrected chi connectivity index (χ0v) is 12.9. The van der Waals surface area contributed by atoms with Crippen molar-refractivity contribution in [3.63, 3.8) is 0 Å². The first-order valence-electron chi connectivity index (χ1n) is 8.66. The van der Waals surface area contributed by atoms with E-state index in [4.69, 9.17) is 0 Å². The third-order valence-electron chi connectivity index (χ3n) is 5.45. The van der Waals surface area contributed by atoms with Crippen LogP contribution in [0.25, 0.3) is 0 Å². The zero-order chi connectivity index (χ0) is 13.8. The summed E-state index contributed by atoms with van der Waals surface area (Å²) in [5.74, 6) is 0.912. The Morgan fingerprint density at radius 3 is 2.40 bits per heavy atom. The number of fused-ring (bicyclic) bond motifs is 1. The van der Waals surface area contributed by atoms with Crippen LogP contribution in [-0.4, -0.2) is 12.1 Å². The monoisotopic (exact) mass is 271 g/mol. The van der Waals surface area contributed by atoms with Gasteiger partial charge in [-0.15, -0.1) is 0 Å². The lowest BCUT2D eigenvalue weighted by atomic mass is 9.86. The Morgan fingerprint density at radius 1 is 0.950 bits per heavy atom. The van der Waals surface area contributed by atoms with Crippen molar-refractivity contribution in [2.24, 2.45) is 5.92 Å². The first-order valence-corrected chi connectivity index (χ1v) is 8.66. The summed E-state index contributed by atoms with van der Waals surface area (Å²) < 4.78 is 0. The maximum atomic E-state index is 3.96. The van der Waals surface area contributed by atoms with Gasteiger partial charge in [0, 0.05) is 12.1 Å². The van der Waals surface area contributed by atoms with Gasteiger partial charge in [-0.1, -0.05) is 49.9 Å². The molecule has 110 valence electrons. The van der Waals surface area contributed by atoms with Crippen molar-refractivity contribution < 1.29 is 0 Å². The Bertz CT molecular complexity index is 418. The fraction of sp³-hybridized carbons (Fsp3) is 0.684. The molecule has 3 rings (SSSR count). The van der Waals surface area contributed by atoms with E-state index in [1.54, 1.807) is 11.1 Å². The standard InChI is InChI=1S/C19H29N/c1-15(16-8-4-2-3-5-9-16)20-19-13-12-17-10-6-7-11-18(17)14-19/h6-7,10-11,15-16,19-20H,2-5,8-9,12-14H2,1H3/t15-,19?/m0/s1. The van der Waals surface area contributed by atoms with Crippen LogP contribution in [0.4, 0.5) is 0 Å². The lowest BCUT2D eigenvalue weighted by Gasteiger charge is -2.32. The van der Waals surface area contributed by atoms with Gasteiger partial charge in [-0.05, 0) is 56.1 Å². The van der Waals surface area contributed by atoms with Crippen molar-refractivity contribution in [3.05, 3.63) is 35.4 Å². The second-order valence-corrected chi connectivity index (χ2v) is 6.92. The lowest BCUT2D eigenvalue weighted by molar-refractivity contribution is 0.296. The van der Waals surface area contributed by atoms with Gasteiger partial charge in [0.25, 0.3) is 0 Å². The van der Waals surface area contributed by atoms with Crippen LogP contribution in [0.3, 0.4) is 0 Å². The van der Waals surface area contributed by atoms with Crippen LogP contribution in [0.1, 0.15) is 63.0 Å². The molecule has 0 saturated heterocycles. The van der Waals surface area contributed by atoms with Crippen molar-refractivity contribution in [1.29, 1.82) is 0 Å². The highest BCUT2D eigenvalue weighted by molar-refractivity contribution is 5.30. The molecule has 1 aromatic rings. The third kappa shape index (κ3) is 3.44. The average molecular weight is 271 g/mol. The summed E-state index contributed by atoms with van der Waals surface area (Å²) >= 11 is 0. The molecule has 2 aliphatic rings. The Balaban J connectivity index is 1.56. The molecule has 1 saturated carbocycles. The highest BCUT2D eigenvalue weighted by Gasteiger charge is 2.24. The molecule has 0 spiro atoms. The minimum absolute atomic E-state index is 0.697. The molecule has 0 heterocycles. The number of hydrogen-bond acceptors (Lipinski definition) is 1. The molecule has 2 aliphatic carbocycles. The molecule has 0 bridgehead atoms. The van der Waals surface area contributed by atoms with Crippen LogP contribution in [0, 0.1) is 5.92 Å². The zero-order valence-electron chi connectivity index (χ0n) is 12.9. The minimum atomic E-state index is 0.697. The van der Waals surface area contributed by atoms with E-state index in [0.29, 0.717) is 12.1 Å². The molecule has 20 heavy (non-hydrogen) atoms. The van der Waals surface area contributed by atoms with Gasteiger partial charge in [0.1, 0.15) is 0 Å². The van der Waals surface area contributed by atoms with Crippen molar-refractivity contribution in [2.45, 2.75) is 76.8 Å². The van der Waals surface area contributed by atoms with Crippen LogP contribution in [0.2, 0.25) is 0 Å². The summed E-state index contributed by atoms with van der Waals surface area (Å²) in [6, 6.07) is 10.4. The van der Waals surface area contributed by atoms with Gasteiger partial charge >= 0.3 is 0 Å². The molecule has 1 fully saturated rings. The Labute approximate surface area is 124 Å².